The Labute approximate surface area is 149 Å². The van der Waals surface area contributed by atoms with Gasteiger partial charge in [-0.2, -0.15) is 0 Å². The van der Waals surface area contributed by atoms with Gasteiger partial charge in [-0.05, 0) is 23.8 Å². The number of amides is 2. The number of hydrogen-bond donors (Lipinski definition) is 2. The van der Waals surface area contributed by atoms with Crippen molar-refractivity contribution in [2.24, 2.45) is 0 Å². The van der Waals surface area contributed by atoms with Crippen molar-refractivity contribution in [3.63, 3.8) is 0 Å². The summed E-state index contributed by atoms with van der Waals surface area (Å²) < 4.78 is 0. The Morgan fingerprint density at radius 2 is 1.88 bits per heavy atom. The van der Waals surface area contributed by atoms with Crippen LogP contribution in [0.4, 0.5) is 5.69 Å². The average Bonchev–Trinajstić information content (AvgIpc) is 2.97. The van der Waals surface area contributed by atoms with Gasteiger partial charge in [-0.3, -0.25) is 9.59 Å². The first-order valence-electron chi connectivity index (χ1n) is 7.81. The lowest BCUT2D eigenvalue weighted by atomic mass is 10.1. The topological polar surface area (TPSA) is 69.6 Å². The van der Waals surface area contributed by atoms with Gasteiger partial charge in [0.1, 0.15) is 0 Å². The zero-order chi connectivity index (χ0) is 18.0. The van der Waals surface area contributed by atoms with Crippen molar-refractivity contribution in [1.82, 2.24) is 5.32 Å². The van der Waals surface area contributed by atoms with Crippen LogP contribution in [0.15, 0.2) is 48.5 Å². The second-order valence-corrected chi connectivity index (χ2v) is 6.69. The van der Waals surface area contributed by atoms with Gasteiger partial charge in [0.15, 0.2) is 5.06 Å². The van der Waals surface area contributed by atoms with Gasteiger partial charge in [0, 0.05) is 24.4 Å². The van der Waals surface area contributed by atoms with Crippen molar-refractivity contribution in [2.45, 2.75) is 13.5 Å². The molecule has 0 spiro atoms. The average molecular weight is 354 g/mol. The van der Waals surface area contributed by atoms with Crippen LogP contribution >= 0.6 is 11.3 Å². The van der Waals surface area contributed by atoms with E-state index in [1.54, 1.807) is 30.1 Å². The molecule has 2 N–H and O–H groups in total. The van der Waals surface area contributed by atoms with E-state index in [1.165, 1.54) is 18.3 Å². The smallest absolute Gasteiger partial charge is 0.253 e. The molecule has 1 aliphatic carbocycles. The number of carbonyl (C=O) groups excluding carboxylic acids is 2. The van der Waals surface area contributed by atoms with E-state index in [1.807, 2.05) is 30.3 Å². The Morgan fingerprint density at radius 1 is 1.16 bits per heavy atom. The third kappa shape index (κ3) is 3.34. The predicted octanol–water partition coefficient (Wildman–Crippen LogP) is 3.47. The molecule has 2 amide bonds. The van der Waals surface area contributed by atoms with E-state index < -0.39 is 0 Å². The van der Waals surface area contributed by atoms with Crippen molar-refractivity contribution in [2.75, 3.05) is 11.9 Å². The molecule has 1 heterocycles. The molecule has 0 aromatic heterocycles. The van der Waals surface area contributed by atoms with Gasteiger partial charge in [0.05, 0.1) is 17.8 Å². The van der Waals surface area contributed by atoms with E-state index >= 15 is 0 Å². The van der Waals surface area contributed by atoms with E-state index in [9.17, 15) is 14.7 Å². The lowest BCUT2D eigenvalue weighted by Gasteiger charge is -2.22. The normalized spacial score (nSPS) is 10.6. The minimum absolute atomic E-state index is 0.154. The first kappa shape index (κ1) is 17.0. The van der Waals surface area contributed by atoms with Gasteiger partial charge >= 0.3 is 0 Å². The van der Waals surface area contributed by atoms with Crippen LogP contribution < -0.4 is 10.2 Å². The molecule has 1 aliphatic heterocycles. The third-order valence-electron chi connectivity index (χ3n) is 3.97. The standard InChI is InChI=1S/C19H18N2O3S/c1-12(22)21(11-13-6-4-3-5-7-13)15-10-16-14(8-9-17(23)25-16)18(15)19(24)20-2/h3-10,23H,11H2,1-2H3,(H,20,24). The molecular weight excluding hydrogens is 336 g/mol. The molecule has 25 heavy (non-hydrogen) atoms. The lowest BCUT2D eigenvalue weighted by molar-refractivity contribution is -0.116. The van der Waals surface area contributed by atoms with Crippen molar-refractivity contribution >= 4 is 28.8 Å². The number of hydrogen-bond acceptors (Lipinski definition) is 4. The highest BCUT2D eigenvalue weighted by Crippen LogP contribution is 2.43. The first-order chi connectivity index (χ1) is 12.0. The second-order valence-electron chi connectivity index (χ2n) is 5.63. The molecule has 0 atom stereocenters. The molecule has 0 saturated carbocycles. The number of carbonyl (C=O) groups is 2. The number of nitrogens with zero attached hydrogens (tertiary/aromatic N) is 1. The first-order valence-corrected chi connectivity index (χ1v) is 8.62. The summed E-state index contributed by atoms with van der Waals surface area (Å²) in [6.45, 7) is 1.85. The molecule has 1 aromatic rings. The number of anilines is 1. The summed E-state index contributed by atoms with van der Waals surface area (Å²) in [6, 6.07) is 14.7. The van der Waals surface area contributed by atoms with Crippen molar-refractivity contribution in [3.05, 3.63) is 59.7 Å². The fraction of sp³-hybridized carbons (Fsp3) is 0.158. The van der Waals surface area contributed by atoms with Crippen molar-refractivity contribution < 1.29 is 14.7 Å². The summed E-state index contributed by atoms with van der Waals surface area (Å²) in [7, 11) is 1.56. The van der Waals surface area contributed by atoms with Gasteiger partial charge in [-0.25, -0.2) is 0 Å². The zero-order valence-electron chi connectivity index (χ0n) is 13.9. The summed E-state index contributed by atoms with van der Waals surface area (Å²) in [4.78, 5) is 27.1. The molecule has 0 fully saturated rings. The van der Waals surface area contributed by atoms with E-state index in [4.69, 9.17) is 0 Å². The monoisotopic (exact) mass is 354 g/mol. The zero-order valence-corrected chi connectivity index (χ0v) is 14.8. The Kier molecular flexibility index (Phi) is 4.72. The van der Waals surface area contributed by atoms with Crippen LogP contribution in [-0.4, -0.2) is 24.0 Å². The van der Waals surface area contributed by atoms with E-state index in [2.05, 4.69) is 5.32 Å². The molecular formula is C19H18N2O3S. The number of fused-ring (bicyclic) bond motifs is 1. The molecule has 1 aromatic carbocycles. The highest BCUT2D eigenvalue weighted by Gasteiger charge is 2.27. The number of rotatable bonds is 4. The predicted molar refractivity (Wildman–Crippen MR) is 99.3 cm³/mol. The van der Waals surface area contributed by atoms with E-state index in [-0.39, 0.29) is 16.9 Å². The second kappa shape index (κ2) is 6.94. The molecule has 0 saturated heterocycles. The third-order valence-corrected chi connectivity index (χ3v) is 4.88. The summed E-state index contributed by atoms with van der Waals surface area (Å²) >= 11 is 1.18. The summed E-state index contributed by atoms with van der Waals surface area (Å²) in [5.74, 6) is -0.416. The quantitative estimate of drug-likeness (QED) is 0.754. The Bertz CT molecular complexity index is 889. The lowest BCUT2D eigenvalue weighted by Crippen LogP contribution is -2.30. The van der Waals surface area contributed by atoms with Gasteiger partial charge < -0.3 is 15.3 Å². The maximum atomic E-state index is 12.5. The SMILES string of the molecule is CNC(=O)c1c2ccc(O)sc-2cc1N(Cc1ccccc1)C(C)=O. The van der Waals surface area contributed by atoms with Gasteiger partial charge in [0.25, 0.3) is 5.91 Å². The number of benzene rings is 1. The van der Waals surface area contributed by atoms with Crippen LogP contribution in [-0.2, 0) is 11.3 Å². The molecule has 0 unspecified atom stereocenters. The summed E-state index contributed by atoms with van der Waals surface area (Å²) in [5, 5.41) is 12.5. The highest BCUT2D eigenvalue weighted by atomic mass is 32.1. The van der Waals surface area contributed by atoms with Crippen molar-refractivity contribution in [1.29, 1.82) is 0 Å². The van der Waals surface area contributed by atoms with Crippen LogP contribution in [0.5, 0.6) is 5.06 Å². The van der Waals surface area contributed by atoms with Gasteiger partial charge in [-0.15, -0.1) is 0 Å². The maximum absolute atomic E-state index is 12.5. The minimum Gasteiger partial charge on any atom is -0.499 e. The fourth-order valence-electron chi connectivity index (χ4n) is 2.80. The van der Waals surface area contributed by atoms with E-state index in [0.717, 1.165) is 16.0 Å². The molecule has 2 aliphatic rings. The summed E-state index contributed by atoms with van der Waals surface area (Å²) in [6.07, 6.45) is 0. The molecule has 3 rings (SSSR count). The van der Waals surface area contributed by atoms with Crippen molar-refractivity contribution in [3.8, 4) is 15.5 Å². The van der Waals surface area contributed by atoms with Crippen LogP contribution in [0.25, 0.3) is 10.4 Å². The van der Waals surface area contributed by atoms with Crippen LogP contribution in [0, 0.1) is 0 Å². The number of aromatic hydroxyl groups is 1. The largest absolute Gasteiger partial charge is 0.499 e. The van der Waals surface area contributed by atoms with Crippen LogP contribution in [0.1, 0.15) is 22.8 Å². The van der Waals surface area contributed by atoms with Crippen LogP contribution in [0.3, 0.4) is 0 Å². The van der Waals surface area contributed by atoms with Gasteiger partial charge in [0.2, 0.25) is 5.91 Å². The fourth-order valence-corrected chi connectivity index (χ4v) is 3.61. The van der Waals surface area contributed by atoms with Crippen LogP contribution in [0.2, 0.25) is 0 Å². The molecule has 0 radical (unpaired) electrons. The molecule has 5 nitrogen and oxygen atoms in total. The van der Waals surface area contributed by atoms with Gasteiger partial charge in [-0.1, -0.05) is 41.7 Å². The Morgan fingerprint density at radius 3 is 2.52 bits per heavy atom. The Hall–Kier alpha value is -2.86. The molecule has 6 heteroatoms. The Balaban J connectivity index is 2.15. The highest BCUT2D eigenvalue weighted by molar-refractivity contribution is 7.17. The molecule has 128 valence electrons. The maximum Gasteiger partial charge on any atom is 0.253 e. The molecule has 0 bridgehead atoms. The number of nitrogens with one attached hydrogen (secondary N) is 1. The summed E-state index contributed by atoms with van der Waals surface area (Å²) in [5.41, 5.74) is 2.68. The minimum atomic E-state index is -0.262. The van der Waals surface area contributed by atoms with E-state index in [0.29, 0.717) is 17.8 Å².